The maximum absolute atomic E-state index is 12.1. The smallest absolute Gasteiger partial charge is 0.271 e. The van der Waals surface area contributed by atoms with Crippen LogP contribution in [-0.4, -0.2) is 12.1 Å². The summed E-state index contributed by atoms with van der Waals surface area (Å²) >= 11 is 11.7. The van der Waals surface area contributed by atoms with Crippen LogP contribution in [0, 0.1) is 0 Å². The van der Waals surface area contributed by atoms with Crippen LogP contribution in [0.15, 0.2) is 77.9 Å². The van der Waals surface area contributed by atoms with Gasteiger partial charge in [-0.1, -0.05) is 47.5 Å². The highest BCUT2D eigenvalue weighted by Crippen LogP contribution is 2.18. The van der Waals surface area contributed by atoms with Crippen LogP contribution in [-0.2, 0) is 6.61 Å². The van der Waals surface area contributed by atoms with E-state index in [1.54, 1.807) is 30.5 Å². The van der Waals surface area contributed by atoms with E-state index in [0.717, 1.165) is 11.1 Å². The number of para-hydroxylation sites is 1. The molecule has 136 valence electrons. The summed E-state index contributed by atoms with van der Waals surface area (Å²) < 4.78 is 5.86. The minimum atomic E-state index is -0.317. The quantitative estimate of drug-likeness (QED) is 0.450. The van der Waals surface area contributed by atoms with Crippen LogP contribution in [0.25, 0.3) is 0 Å². The Morgan fingerprint density at radius 2 is 1.56 bits per heavy atom. The maximum atomic E-state index is 12.1. The minimum Gasteiger partial charge on any atom is -0.488 e. The monoisotopic (exact) mass is 398 g/mol. The summed E-state index contributed by atoms with van der Waals surface area (Å²) in [5.74, 6) is 0.347. The van der Waals surface area contributed by atoms with Gasteiger partial charge in [-0.15, -0.1) is 0 Å². The lowest BCUT2D eigenvalue weighted by Gasteiger charge is -2.09. The van der Waals surface area contributed by atoms with Gasteiger partial charge < -0.3 is 4.74 Å². The molecular formula is C21H16Cl2N2O2. The third-order valence-corrected chi connectivity index (χ3v) is 4.21. The van der Waals surface area contributed by atoms with Crippen molar-refractivity contribution >= 4 is 35.3 Å². The van der Waals surface area contributed by atoms with E-state index in [1.807, 2.05) is 48.5 Å². The Morgan fingerprint density at radius 1 is 0.926 bits per heavy atom. The van der Waals surface area contributed by atoms with Crippen LogP contribution in [0.4, 0.5) is 0 Å². The summed E-state index contributed by atoms with van der Waals surface area (Å²) in [6.45, 7) is 0.402. The van der Waals surface area contributed by atoms with Crippen LogP contribution in [0.5, 0.6) is 5.75 Å². The van der Waals surface area contributed by atoms with Crippen molar-refractivity contribution in [2.24, 2.45) is 5.10 Å². The molecule has 0 fully saturated rings. The van der Waals surface area contributed by atoms with E-state index in [1.165, 1.54) is 0 Å². The van der Waals surface area contributed by atoms with Crippen molar-refractivity contribution in [2.45, 2.75) is 6.61 Å². The van der Waals surface area contributed by atoms with Crippen molar-refractivity contribution in [1.82, 2.24) is 5.43 Å². The molecule has 0 atom stereocenters. The van der Waals surface area contributed by atoms with Gasteiger partial charge in [0.25, 0.3) is 5.91 Å². The van der Waals surface area contributed by atoms with Gasteiger partial charge in [-0.2, -0.15) is 5.10 Å². The molecule has 0 aliphatic carbocycles. The Balaban J connectivity index is 1.62. The molecule has 0 radical (unpaired) electrons. The molecule has 4 nitrogen and oxygen atoms in total. The Kier molecular flexibility index (Phi) is 6.47. The molecule has 0 heterocycles. The number of hydrogen-bond acceptors (Lipinski definition) is 3. The Bertz CT molecular complexity index is 939. The average molecular weight is 399 g/mol. The van der Waals surface area contributed by atoms with Crippen molar-refractivity contribution in [1.29, 1.82) is 0 Å². The zero-order chi connectivity index (χ0) is 19.1. The molecule has 3 aromatic carbocycles. The molecule has 0 spiro atoms. The molecule has 0 aliphatic rings. The number of ether oxygens (including phenoxy) is 1. The van der Waals surface area contributed by atoms with Gasteiger partial charge in [0, 0.05) is 21.2 Å². The van der Waals surface area contributed by atoms with Gasteiger partial charge in [0.2, 0.25) is 0 Å². The first-order chi connectivity index (χ1) is 13.1. The van der Waals surface area contributed by atoms with Crippen LogP contribution in [0.2, 0.25) is 10.0 Å². The summed E-state index contributed by atoms with van der Waals surface area (Å²) in [5.41, 5.74) is 4.72. The fourth-order valence-corrected chi connectivity index (χ4v) is 2.54. The molecule has 0 saturated heterocycles. The van der Waals surface area contributed by atoms with E-state index in [4.69, 9.17) is 27.9 Å². The van der Waals surface area contributed by atoms with Crippen LogP contribution < -0.4 is 10.2 Å². The van der Waals surface area contributed by atoms with Crippen molar-refractivity contribution in [3.05, 3.63) is 99.5 Å². The second-order valence-electron chi connectivity index (χ2n) is 5.66. The molecule has 0 bridgehead atoms. The van der Waals surface area contributed by atoms with E-state index in [9.17, 15) is 4.79 Å². The number of nitrogens with zero attached hydrogens (tertiary/aromatic N) is 1. The molecule has 6 heteroatoms. The molecule has 0 unspecified atom stereocenters. The predicted molar refractivity (Wildman–Crippen MR) is 109 cm³/mol. The number of carbonyl (C=O) groups is 1. The van der Waals surface area contributed by atoms with Crippen LogP contribution in [0.1, 0.15) is 21.5 Å². The zero-order valence-corrected chi connectivity index (χ0v) is 15.7. The van der Waals surface area contributed by atoms with Gasteiger partial charge in [-0.3, -0.25) is 4.79 Å². The zero-order valence-electron chi connectivity index (χ0n) is 14.2. The molecule has 0 aliphatic heterocycles. The summed E-state index contributed by atoms with van der Waals surface area (Å²) in [4.78, 5) is 12.1. The van der Waals surface area contributed by atoms with E-state index in [2.05, 4.69) is 10.5 Å². The lowest BCUT2D eigenvalue weighted by molar-refractivity contribution is 0.0955. The average Bonchev–Trinajstić information content (AvgIpc) is 2.69. The maximum Gasteiger partial charge on any atom is 0.271 e. The first-order valence-corrected chi connectivity index (χ1v) is 8.92. The van der Waals surface area contributed by atoms with E-state index >= 15 is 0 Å². The summed E-state index contributed by atoms with van der Waals surface area (Å²) in [6, 6.07) is 21.5. The molecule has 3 rings (SSSR count). The SMILES string of the molecule is O=C(NN=Cc1ccccc1OCc1ccc(Cl)cc1)c1ccc(Cl)cc1. The molecule has 3 aromatic rings. The van der Waals surface area contributed by atoms with Crippen LogP contribution in [0.3, 0.4) is 0 Å². The number of benzene rings is 3. The number of amides is 1. The molecule has 1 amide bonds. The van der Waals surface area contributed by atoms with Gasteiger partial charge in [0.05, 0.1) is 6.21 Å². The number of hydrazone groups is 1. The molecule has 0 aromatic heterocycles. The normalized spacial score (nSPS) is 10.7. The Morgan fingerprint density at radius 3 is 2.26 bits per heavy atom. The van der Waals surface area contributed by atoms with E-state index < -0.39 is 0 Å². The Hall–Kier alpha value is -2.82. The van der Waals surface area contributed by atoms with E-state index in [-0.39, 0.29) is 5.91 Å². The first kappa shape index (κ1) is 19.0. The topological polar surface area (TPSA) is 50.7 Å². The molecular weight excluding hydrogens is 383 g/mol. The predicted octanol–water partition coefficient (Wildman–Crippen LogP) is 5.34. The second-order valence-corrected chi connectivity index (χ2v) is 6.53. The van der Waals surface area contributed by atoms with Crippen molar-refractivity contribution in [3.8, 4) is 5.75 Å². The van der Waals surface area contributed by atoms with Crippen molar-refractivity contribution in [3.63, 3.8) is 0 Å². The number of rotatable bonds is 6. The number of nitrogens with one attached hydrogen (secondary N) is 1. The molecule has 1 N–H and O–H groups in total. The lowest BCUT2D eigenvalue weighted by atomic mass is 10.2. The Labute approximate surface area is 167 Å². The van der Waals surface area contributed by atoms with Crippen molar-refractivity contribution < 1.29 is 9.53 Å². The van der Waals surface area contributed by atoms with Gasteiger partial charge >= 0.3 is 0 Å². The standard InChI is InChI=1S/C21H16Cl2N2O2/c22-18-9-5-15(6-10-18)14-27-20-4-2-1-3-17(20)13-24-25-21(26)16-7-11-19(23)12-8-16/h1-13H,14H2,(H,25,26). The fourth-order valence-electron chi connectivity index (χ4n) is 2.29. The van der Waals surface area contributed by atoms with Gasteiger partial charge in [-0.05, 0) is 54.1 Å². The summed E-state index contributed by atoms with van der Waals surface area (Å²) in [6.07, 6.45) is 1.55. The highest BCUT2D eigenvalue weighted by Gasteiger charge is 2.05. The molecule has 27 heavy (non-hydrogen) atoms. The van der Waals surface area contributed by atoms with E-state index in [0.29, 0.717) is 28.0 Å². The van der Waals surface area contributed by atoms with Gasteiger partial charge in [0.15, 0.2) is 0 Å². The number of hydrogen-bond donors (Lipinski definition) is 1. The minimum absolute atomic E-state index is 0.317. The molecule has 0 saturated carbocycles. The van der Waals surface area contributed by atoms with Gasteiger partial charge in [0.1, 0.15) is 12.4 Å². The van der Waals surface area contributed by atoms with Crippen LogP contribution >= 0.6 is 23.2 Å². The van der Waals surface area contributed by atoms with Gasteiger partial charge in [-0.25, -0.2) is 5.43 Å². The summed E-state index contributed by atoms with van der Waals surface area (Å²) in [5, 5.41) is 5.27. The lowest BCUT2D eigenvalue weighted by Crippen LogP contribution is -2.17. The van der Waals surface area contributed by atoms with Crippen molar-refractivity contribution in [2.75, 3.05) is 0 Å². The third-order valence-electron chi connectivity index (χ3n) is 3.70. The third kappa shape index (κ3) is 5.58. The summed E-state index contributed by atoms with van der Waals surface area (Å²) in [7, 11) is 0. The highest BCUT2D eigenvalue weighted by molar-refractivity contribution is 6.30. The number of halogens is 2. The highest BCUT2D eigenvalue weighted by atomic mass is 35.5. The fraction of sp³-hybridized carbons (Fsp3) is 0.0476. The second kappa shape index (κ2) is 9.21. The number of carbonyl (C=O) groups excluding carboxylic acids is 1. The first-order valence-electron chi connectivity index (χ1n) is 8.17. The largest absolute Gasteiger partial charge is 0.488 e.